The highest BCUT2D eigenvalue weighted by Gasteiger charge is 2.26. The van der Waals surface area contributed by atoms with E-state index in [9.17, 15) is 4.79 Å². The van der Waals surface area contributed by atoms with Gasteiger partial charge in [-0.3, -0.25) is 19.9 Å². The van der Waals surface area contributed by atoms with E-state index >= 15 is 0 Å². The first kappa shape index (κ1) is 17.0. The Balaban J connectivity index is 1.49. The summed E-state index contributed by atoms with van der Waals surface area (Å²) >= 11 is 1.33. The molecule has 1 N–H and O–H groups in total. The molecule has 2 aromatic rings. The zero-order chi connectivity index (χ0) is 16.9. The number of carbonyl (C=O) groups is 1. The molecule has 0 radical (unpaired) electrons. The molecule has 1 atom stereocenters. The number of nitrogens with zero attached hydrogens (tertiary/aromatic N) is 6. The molecule has 0 spiro atoms. The van der Waals surface area contributed by atoms with E-state index in [0.717, 1.165) is 38.5 Å². The number of hydrogen-bond acceptors (Lipinski definition) is 7. The summed E-state index contributed by atoms with van der Waals surface area (Å²) in [4.78, 5) is 21.1. The number of imidazole rings is 1. The molecule has 1 saturated heterocycles. The number of anilines is 1. The number of rotatable bonds is 6. The van der Waals surface area contributed by atoms with Gasteiger partial charge in [0.25, 0.3) is 0 Å². The van der Waals surface area contributed by atoms with E-state index in [1.54, 1.807) is 5.51 Å². The van der Waals surface area contributed by atoms with Crippen molar-refractivity contribution in [2.45, 2.75) is 33.0 Å². The van der Waals surface area contributed by atoms with Gasteiger partial charge in [0.2, 0.25) is 11.0 Å². The lowest BCUT2D eigenvalue weighted by molar-refractivity contribution is -0.118. The molecule has 130 valence electrons. The van der Waals surface area contributed by atoms with Crippen LogP contribution >= 0.6 is 11.3 Å². The average Bonchev–Trinajstić information content (AvgIpc) is 3.21. The van der Waals surface area contributed by atoms with Crippen molar-refractivity contribution >= 4 is 22.4 Å². The Hall–Kier alpha value is -1.84. The van der Waals surface area contributed by atoms with E-state index in [4.69, 9.17) is 0 Å². The molecule has 24 heavy (non-hydrogen) atoms. The number of nitrogens with one attached hydrogen (secondary N) is 1. The molecule has 1 amide bonds. The maximum atomic E-state index is 12.1. The molecule has 0 aliphatic carbocycles. The molecule has 3 heterocycles. The third kappa shape index (κ3) is 4.16. The Labute approximate surface area is 145 Å². The van der Waals surface area contributed by atoms with Gasteiger partial charge in [0.15, 0.2) is 0 Å². The molecule has 1 aliphatic rings. The molecule has 1 unspecified atom stereocenters. The molecule has 8 nitrogen and oxygen atoms in total. The maximum Gasteiger partial charge on any atom is 0.240 e. The second-order valence-corrected chi connectivity index (χ2v) is 6.81. The van der Waals surface area contributed by atoms with Crippen LogP contribution < -0.4 is 5.32 Å². The minimum atomic E-state index is -0.0334. The first-order chi connectivity index (χ1) is 11.7. The van der Waals surface area contributed by atoms with Gasteiger partial charge in [0, 0.05) is 44.6 Å². The van der Waals surface area contributed by atoms with E-state index in [-0.39, 0.29) is 5.91 Å². The number of amides is 1. The molecule has 1 fully saturated rings. The van der Waals surface area contributed by atoms with Crippen LogP contribution in [0.2, 0.25) is 0 Å². The van der Waals surface area contributed by atoms with Crippen molar-refractivity contribution in [2.24, 2.45) is 0 Å². The zero-order valence-corrected chi connectivity index (χ0v) is 14.9. The number of hydrogen-bond donors (Lipinski definition) is 1. The van der Waals surface area contributed by atoms with E-state index in [2.05, 4.69) is 48.7 Å². The topological polar surface area (TPSA) is 79.2 Å². The van der Waals surface area contributed by atoms with Crippen molar-refractivity contribution in [1.82, 2.24) is 29.5 Å². The smallest absolute Gasteiger partial charge is 0.240 e. The maximum absolute atomic E-state index is 12.1. The molecule has 0 saturated carbocycles. The Morgan fingerprint density at radius 3 is 3.04 bits per heavy atom. The first-order valence-electron chi connectivity index (χ1n) is 8.18. The van der Waals surface area contributed by atoms with Crippen molar-refractivity contribution in [3.63, 3.8) is 0 Å². The van der Waals surface area contributed by atoms with Gasteiger partial charge in [-0.2, -0.15) is 0 Å². The van der Waals surface area contributed by atoms with E-state index in [1.807, 2.05) is 12.4 Å². The number of carbonyl (C=O) groups excluding carboxylic acids is 1. The molecule has 1 aliphatic heterocycles. The van der Waals surface area contributed by atoms with Crippen molar-refractivity contribution in [1.29, 1.82) is 0 Å². The molecule has 0 aromatic carbocycles. The predicted molar refractivity (Wildman–Crippen MR) is 92.8 cm³/mol. The number of aromatic nitrogens is 4. The Morgan fingerprint density at radius 2 is 2.33 bits per heavy atom. The van der Waals surface area contributed by atoms with Crippen molar-refractivity contribution in [3.8, 4) is 0 Å². The first-order valence-corrected chi connectivity index (χ1v) is 9.06. The van der Waals surface area contributed by atoms with Crippen LogP contribution in [0.3, 0.4) is 0 Å². The lowest BCUT2D eigenvalue weighted by Crippen LogP contribution is -2.53. The standard InChI is InChI=1S/C15H23N7OS/c1-3-21-5-4-16-13(21)9-22-7-6-20(8-12(22)2)10-14(23)18-15-19-17-11-24-15/h4-5,11-12H,3,6-10H2,1-2H3,(H,18,19,23). The molecule has 2 aromatic heterocycles. The lowest BCUT2D eigenvalue weighted by Gasteiger charge is -2.39. The highest BCUT2D eigenvalue weighted by molar-refractivity contribution is 7.13. The van der Waals surface area contributed by atoms with Gasteiger partial charge in [0.05, 0.1) is 13.1 Å². The van der Waals surface area contributed by atoms with Crippen LogP contribution in [0, 0.1) is 0 Å². The second kappa shape index (κ2) is 7.82. The van der Waals surface area contributed by atoms with Gasteiger partial charge in [-0.1, -0.05) is 11.3 Å². The van der Waals surface area contributed by atoms with Crippen LogP contribution in [0.25, 0.3) is 0 Å². The molecular formula is C15H23N7OS. The van der Waals surface area contributed by atoms with Gasteiger partial charge in [0.1, 0.15) is 11.3 Å². The summed E-state index contributed by atoms with van der Waals surface area (Å²) in [6, 6.07) is 0.384. The SMILES string of the molecule is CCn1ccnc1CN1CCN(CC(=O)Nc2nncs2)CC1C. The number of aryl methyl sites for hydroxylation is 1. The van der Waals surface area contributed by atoms with Gasteiger partial charge in [-0.15, -0.1) is 10.2 Å². The normalized spacial score (nSPS) is 19.5. The summed E-state index contributed by atoms with van der Waals surface area (Å²) in [7, 11) is 0. The summed E-state index contributed by atoms with van der Waals surface area (Å²) in [5.74, 6) is 1.07. The zero-order valence-electron chi connectivity index (χ0n) is 14.1. The third-order valence-corrected chi connectivity index (χ3v) is 4.92. The van der Waals surface area contributed by atoms with Crippen molar-refractivity contribution in [2.75, 3.05) is 31.5 Å². The predicted octanol–water partition coefficient (Wildman–Crippen LogP) is 0.899. The fraction of sp³-hybridized carbons (Fsp3) is 0.600. The fourth-order valence-corrected chi connectivity index (χ4v) is 3.46. The third-order valence-electron chi connectivity index (χ3n) is 4.31. The highest BCUT2D eigenvalue weighted by atomic mass is 32.1. The Bertz CT molecular complexity index is 657. The summed E-state index contributed by atoms with van der Waals surface area (Å²) in [6.45, 7) is 9.20. The quantitative estimate of drug-likeness (QED) is 0.835. The monoisotopic (exact) mass is 349 g/mol. The summed E-state index contributed by atoms with van der Waals surface area (Å²) in [6.07, 6.45) is 3.88. The van der Waals surface area contributed by atoms with Gasteiger partial charge < -0.3 is 4.57 Å². The second-order valence-electron chi connectivity index (χ2n) is 5.98. The number of piperazine rings is 1. The fourth-order valence-electron chi connectivity index (χ4n) is 3.00. The van der Waals surface area contributed by atoms with Crippen LogP contribution in [-0.4, -0.2) is 67.7 Å². The van der Waals surface area contributed by atoms with Crippen molar-refractivity contribution in [3.05, 3.63) is 23.7 Å². The Morgan fingerprint density at radius 1 is 1.46 bits per heavy atom. The lowest BCUT2D eigenvalue weighted by atomic mass is 10.2. The summed E-state index contributed by atoms with van der Waals surface area (Å²) in [5, 5.41) is 10.9. The van der Waals surface area contributed by atoms with E-state index in [1.165, 1.54) is 11.3 Å². The molecule has 9 heteroatoms. The van der Waals surface area contributed by atoms with E-state index in [0.29, 0.717) is 17.7 Å². The van der Waals surface area contributed by atoms with Crippen LogP contribution in [-0.2, 0) is 17.9 Å². The van der Waals surface area contributed by atoms with Crippen LogP contribution in [0.4, 0.5) is 5.13 Å². The molecule has 3 rings (SSSR count). The van der Waals surface area contributed by atoms with Gasteiger partial charge >= 0.3 is 0 Å². The summed E-state index contributed by atoms with van der Waals surface area (Å²) < 4.78 is 2.18. The molecule has 0 bridgehead atoms. The largest absolute Gasteiger partial charge is 0.334 e. The van der Waals surface area contributed by atoms with Crippen LogP contribution in [0.5, 0.6) is 0 Å². The van der Waals surface area contributed by atoms with Crippen LogP contribution in [0.15, 0.2) is 17.9 Å². The van der Waals surface area contributed by atoms with Gasteiger partial charge in [-0.05, 0) is 13.8 Å². The summed E-state index contributed by atoms with van der Waals surface area (Å²) in [5.41, 5.74) is 1.61. The van der Waals surface area contributed by atoms with Crippen LogP contribution in [0.1, 0.15) is 19.7 Å². The Kier molecular flexibility index (Phi) is 5.54. The minimum Gasteiger partial charge on any atom is -0.334 e. The minimum absolute atomic E-state index is 0.0334. The molecular weight excluding hydrogens is 326 g/mol. The van der Waals surface area contributed by atoms with E-state index < -0.39 is 0 Å². The van der Waals surface area contributed by atoms with Crippen molar-refractivity contribution < 1.29 is 4.79 Å². The average molecular weight is 349 g/mol. The van der Waals surface area contributed by atoms with Gasteiger partial charge in [-0.25, -0.2) is 4.98 Å². The highest BCUT2D eigenvalue weighted by Crippen LogP contribution is 2.14.